The number of fused-ring (bicyclic) bond motifs is 1. The Labute approximate surface area is 174 Å². The lowest BCUT2D eigenvalue weighted by Crippen LogP contribution is -2.39. The quantitative estimate of drug-likeness (QED) is 0.430. The summed E-state index contributed by atoms with van der Waals surface area (Å²) in [6.07, 6.45) is 1.34. The largest absolute Gasteiger partial charge is 0.356 e. The van der Waals surface area contributed by atoms with Crippen LogP contribution in [0.2, 0.25) is 0 Å². The highest BCUT2D eigenvalue weighted by molar-refractivity contribution is 5.80. The van der Waals surface area contributed by atoms with E-state index in [1.165, 1.54) is 22.3 Å². The predicted molar refractivity (Wildman–Crippen MR) is 119 cm³/mol. The minimum atomic E-state index is 0.221. The van der Waals surface area contributed by atoms with Crippen molar-refractivity contribution >= 4 is 11.9 Å². The number of hydrogen-bond acceptors (Lipinski definition) is 2. The zero-order valence-corrected chi connectivity index (χ0v) is 17.7. The van der Waals surface area contributed by atoms with E-state index in [1.807, 2.05) is 17.0 Å². The Balaban J connectivity index is 1.35. The van der Waals surface area contributed by atoms with Crippen LogP contribution in [0.5, 0.6) is 0 Å². The number of carbonyl (C=O) groups excluding carboxylic acids is 1. The molecular formula is C24H32N4O. The number of aryl methyl sites for hydroxylation is 1. The van der Waals surface area contributed by atoms with Crippen molar-refractivity contribution in [2.24, 2.45) is 4.99 Å². The molecule has 0 aromatic heterocycles. The molecule has 0 bridgehead atoms. The van der Waals surface area contributed by atoms with Crippen LogP contribution < -0.4 is 10.6 Å². The number of rotatable bonds is 7. The first kappa shape index (κ1) is 20.9. The van der Waals surface area contributed by atoms with Gasteiger partial charge in [-0.1, -0.05) is 61.0 Å². The number of amides is 1. The number of hydrogen-bond donors (Lipinski definition) is 2. The molecule has 0 radical (unpaired) electrons. The molecule has 154 valence electrons. The Morgan fingerprint density at radius 3 is 2.48 bits per heavy atom. The molecule has 2 N–H and O–H groups in total. The highest BCUT2D eigenvalue weighted by Gasteiger charge is 2.22. The minimum absolute atomic E-state index is 0.221. The zero-order valence-electron chi connectivity index (χ0n) is 17.7. The van der Waals surface area contributed by atoms with E-state index in [-0.39, 0.29) is 5.91 Å². The van der Waals surface area contributed by atoms with Crippen LogP contribution in [-0.4, -0.2) is 36.9 Å². The Kier molecular flexibility index (Phi) is 7.28. The van der Waals surface area contributed by atoms with Crippen LogP contribution in [0.1, 0.15) is 47.9 Å². The van der Waals surface area contributed by atoms with Crippen LogP contribution in [-0.2, 0) is 17.9 Å². The molecule has 0 fully saturated rings. The van der Waals surface area contributed by atoms with E-state index in [9.17, 15) is 4.79 Å². The summed E-state index contributed by atoms with van der Waals surface area (Å²) >= 11 is 0. The van der Waals surface area contributed by atoms with Crippen LogP contribution >= 0.6 is 0 Å². The summed E-state index contributed by atoms with van der Waals surface area (Å²) < 4.78 is 0. The highest BCUT2D eigenvalue weighted by atomic mass is 16.2. The van der Waals surface area contributed by atoms with E-state index in [1.54, 1.807) is 7.05 Å². The van der Waals surface area contributed by atoms with Gasteiger partial charge in [0.15, 0.2) is 5.96 Å². The van der Waals surface area contributed by atoms with E-state index >= 15 is 0 Å². The van der Waals surface area contributed by atoms with Crippen molar-refractivity contribution in [2.45, 2.75) is 45.7 Å². The van der Waals surface area contributed by atoms with Gasteiger partial charge < -0.3 is 15.5 Å². The van der Waals surface area contributed by atoms with Crippen LogP contribution in [0.25, 0.3) is 0 Å². The Morgan fingerprint density at radius 1 is 1.10 bits per heavy atom. The van der Waals surface area contributed by atoms with Gasteiger partial charge in [0.1, 0.15) is 0 Å². The first-order valence-electron chi connectivity index (χ1n) is 10.4. The van der Waals surface area contributed by atoms with Crippen LogP contribution in [0.15, 0.2) is 53.5 Å². The minimum Gasteiger partial charge on any atom is -0.356 e. The molecule has 1 amide bonds. The second-order valence-electron chi connectivity index (χ2n) is 7.82. The third kappa shape index (κ3) is 5.83. The molecule has 2 aromatic rings. The normalized spacial score (nSPS) is 14.4. The van der Waals surface area contributed by atoms with Gasteiger partial charge in [-0.15, -0.1) is 0 Å². The molecule has 0 saturated carbocycles. The standard InChI is InChI=1S/C24H32N4O/c1-18-8-6-11-20(14-18)19(2)15-27-24(25-3)26-13-7-12-23(29)28-16-21-9-4-5-10-22(21)17-28/h4-6,8-11,14,19H,7,12-13,15-17H2,1-3H3,(H2,25,26,27). The summed E-state index contributed by atoms with van der Waals surface area (Å²) in [5.41, 5.74) is 5.14. The van der Waals surface area contributed by atoms with Crippen molar-refractivity contribution in [3.8, 4) is 0 Å². The number of nitrogens with one attached hydrogen (secondary N) is 2. The number of benzene rings is 2. The van der Waals surface area contributed by atoms with Gasteiger partial charge in [0, 0.05) is 39.6 Å². The lowest BCUT2D eigenvalue weighted by atomic mass is 9.99. The zero-order chi connectivity index (χ0) is 20.6. The van der Waals surface area contributed by atoms with Gasteiger partial charge in [-0.25, -0.2) is 0 Å². The fourth-order valence-electron chi connectivity index (χ4n) is 3.68. The van der Waals surface area contributed by atoms with Gasteiger partial charge in [-0.3, -0.25) is 9.79 Å². The topological polar surface area (TPSA) is 56.7 Å². The SMILES string of the molecule is CN=C(NCCCC(=O)N1Cc2ccccc2C1)NCC(C)c1cccc(C)c1. The third-order valence-electron chi connectivity index (χ3n) is 5.46. The Hall–Kier alpha value is -2.82. The van der Waals surface area contributed by atoms with Gasteiger partial charge in [0.25, 0.3) is 0 Å². The maximum Gasteiger partial charge on any atom is 0.223 e. The molecule has 1 atom stereocenters. The summed E-state index contributed by atoms with van der Waals surface area (Å²) in [5, 5.41) is 6.70. The van der Waals surface area contributed by atoms with Gasteiger partial charge in [-0.2, -0.15) is 0 Å². The van der Waals surface area contributed by atoms with Crippen LogP contribution in [0.4, 0.5) is 0 Å². The average Bonchev–Trinajstić information content (AvgIpc) is 3.17. The Bertz CT molecular complexity index is 836. The number of guanidine groups is 1. The fraction of sp³-hybridized carbons (Fsp3) is 0.417. The van der Waals surface area contributed by atoms with E-state index in [0.717, 1.165) is 38.6 Å². The number of nitrogens with zero attached hydrogens (tertiary/aromatic N) is 2. The van der Waals surface area contributed by atoms with Gasteiger partial charge in [0.05, 0.1) is 0 Å². The second-order valence-corrected chi connectivity index (χ2v) is 7.82. The smallest absolute Gasteiger partial charge is 0.223 e. The summed E-state index contributed by atoms with van der Waals surface area (Å²) in [7, 11) is 1.78. The van der Waals surface area contributed by atoms with Gasteiger partial charge in [-0.05, 0) is 36.0 Å². The maximum absolute atomic E-state index is 12.5. The summed E-state index contributed by atoms with van der Waals surface area (Å²) in [4.78, 5) is 18.7. The first-order chi connectivity index (χ1) is 14.1. The molecule has 1 unspecified atom stereocenters. The van der Waals surface area contributed by atoms with Gasteiger partial charge in [0.2, 0.25) is 5.91 Å². The molecule has 1 heterocycles. The predicted octanol–water partition coefficient (Wildman–Crippen LogP) is 3.59. The van der Waals surface area contributed by atoms with E-state index in [2.05, 4.69) is 65.9 Å². The number of aliphatic imine (C=N–C) groups is 1. The molecular weight excluding hydrogens is 360 g/mol. The molecule has 29 heavy (non-hydrogen) atoms. The van der Waals surface area contributed by atoms with Crippen molar-refractivity contribution < 1.29 is 4.79 Å². The van der Waals surface area contributed by atoms with E-state index < -0.39 is 0 Å². The first-order valence-corrected chi connectivity index (χ1v) is 10.4. The molecule has 3 rings (SSSR count). The van der Waals surface area contributed by atoms with Crippen molar-refractivity contribution in [2.75, 3.05) is 20.1 Å². The highest BCUT2D eigenvalue weighted by Crippen LogP contribution is 2.22. The average molecular weight is 393 g/mol. The van der Waals surface area contributed by atoms with Crippen molar-refractivity contribution in [1.82, 2.24) is 15.5 Å². The molecule has 0 spiro atoms. The number of carbonyl (C=O) groups is 1. The van der Waals surface area contributed by atoms with Crippen LogP contribution in [0.3, 0.4) is 0 Å². The molecule has 1 aliphatic heterocycles. The molecule has 5 heteroatoms. The van der Waals surface area contributed by atoms with E-state index in [4.69, 9.17) is 0 Å². The van der Waals surface area contributed by atoms with Crippen molar-refractivity contribution in [3.05, 3.63) is 70.8 Å². The molecule has 0 aliphatic carbocycles. The van der Waals surface area contributed by atoms with Gasteiger partial charge >= 0.3 is 0 Å². The molecule has 0 saturated heterocycles. The molecule has 1 aliphatic rings. The van der Waals surface area contributed by atoms with Crippen molar-refractivity contribution in [1.29, 1.82) is 0 Å². The summed E-state index contributed by atoms with van der Waals surface area (Å²) in [6, 6.07) is 16.9. The lowest BCUT2D eigenvalue weighted by Gasteiger charge is -2.18. The lowest BCUT2D eigenvalue weighted by molar-refractivity contribution is -0.131. The van der Waals surface area contributed by atoms with E-state index in [0.29, 0.717) is 12.3 Å². The third-order valence-corrected chi connectivity index (χ3v) is 5.46. The van der Waals surface area contributed by atoms with Crippen molar-refractivity contribution in [3.63, 3.8) is 0 Å². The Morgan fingerprint density at radius 2 is 1.83 bits per heavy atom. The molecule has 5 nitrogen and oxygen atoms in total. The van der Waals surface area contributed by atoms with Crippen LogP contribution in [0, 0.1) is 6.92 Å². The summed E-state index contributed by atoms with van der Waals surface area (Å²) in [6.45, 7) is 7.35. The monoisotopic (exact) mass is 392 g/mol. The second kappa shape index (κ2) is 10.1. The summed E-state index contributed by atoms with van der Waals surface area (Å²) in [5.74, 6) is 1.40. The molecule has 2 aromatic carbocycles. The fourth-order valence-corrected chi connectivity index (χ4v) is 3.68. The maximum atomic E-state index is 12.5.